The molecule has 56 valence electrons. The molecule has 1 N–H and O–H groups in total. The second-order valence-electron chi connectivity index (χ2n) is 2.78. The van der Waals surface area contributed by atoms with Gasteiger partial charge in [0.1, 0.15) is 5.60 Å². The van der Waals surface area contributed by atoms with Gasteiger partial charge in [0.15, 0.2) is 5.78 Å². The largest absolute Gasteiger partial charge is 0.378 e. The van der Waals surface area contributed by atoms with Crippen molar-refractivity contribution in [1.29, 1.82) is 0 Å². The fourth-order valence-corrected chi connectivity index (χ4v) is 1.14. The van der Waals surface area contributed by atoms with Gasteiger partial charge in [-0.25, -0.2) is 0 Å². The van der Waals surface area contributed by atoms with E-state index in [-0.39, 0.29) is 5.78 Å². The van der Waals surface area contributed by atoms with Crippen LogP contribution in [0, 0.1) is 0 Å². The van der Waals surface area contributed by atoms with Crippen LogP contribution < -0.4 is 0 Å². The van der Waals surface area contributed by atoms with Crippen LogP contribution in [0.3, 0.4) is 0 Å². The SMILES string of the molecule is CC(=O)C1(O)C=CCCC1. The number of allylic oxidation sites excluding steroid dienone is 1. The Labute approximate surface area is 60.6 Å². The van der Waals surface area contributed by atoms with Gasteiger partial charge in [-0.2, -0.15) is 0 Å². The molecule has 10 heavy (non-hydrogen) atoms. The Morgan fingerprint density at radius 2 is 2.40 bits per heavy atom. The summed E-state index contributed by atoms with van der Waals surface area (Å²) in [6, 6.07) is 0. The summed E-state index contributed by atoms with van der Waals surface area (Å²) in [6.07, 6.45) is 5.95. The third-order valence-corrected chi connectivity index (χ3v) is 1.93. The predicted octanol–water partition coefficient (Wildman–Crippen LogP) is 1.05. The molecule has 0 aromatic rings. The molecule has 0 saturated heterocycles. The van der Waals surface area contributed by atoms with Crippen LogP contribution in [0.5, 0.6) is 0 Å². The van der Waals surface area contributed by atoms with E-state index < -0.39 is 5.60 Å². The summed E-state index contributed by atoms with van der Waals surface area (Å²) < 4.78 is 0. The molecule has 0 saturated carbocycles. The van der Waals surface area contributed by atoms with Crippen LogP contribution in [-0.2, 0) is 4.79 Å². The highest BCUT2D eigenvalue weighted by molar-refractivity contribution is 5.86. The quantitative estimate of drug-likeness (QED) is 0.553. The van der Waals surface area contributed by atoms with Gasteiger partial charge in [0.2, 0.25) is 0 Å². The van der Waals surface area contributed by atoms with Crippen LogP contribution in [-0.4, -0.2) is 16.5 Å². The zero-order chi connectivity index (χ0) is 7.61. The van der Waals surface area contributed by atoms with Gasteiger partial charge in [-0.3, -0.25) is 4.79 Å². The maximum Gasteiger partial charge on any atom is 0.165 e. The van der Waals surface area contributed by atoms with Crippen LogP contribution in [0.2, 0.25) is 0 Å². The molecule has 0 aliphatic heterocycles. The Kier molecular flexibility index (Phi) is 1.90. The minimum atomic E-state index is -1.14. The summed E-state index contributed by atoms with van der Waals surface area (Å²) >= 11 is 0. The van der Waals surface area contributed by atoms with Crippen LogP contribution in [0.4, 0.5) is 0 Å². The monoisotopic (exact) mass is 140 g/mol. The second kappa shape index (κ2) is 2.54. The number of hydrogen-bond acceptors (Lipinski definition) is 2. The smallest absolute Gasteiger partial charge is 0.165 e. The van der Waals surface area contributed by atoms with Gasteiger partial charge in [0.05, 0.1) is 0 Å². The number of aliphatic hydroxyl groups is 1. The van der Waals surface area contributed by atoms with Gasteiger partial charge in [-0.05, 0) is 32.3 Å². The highest BCUT2D eigenvalue weighted by Gasteiger charge is 2.29. The summed E-state index contributed by atoms with van der Waals surface area (Å²) in [4.78, 5) is 10.8. The Balaban J connectivity index is 2.75. The maximum absolute atomic E-state index is 10.8. The number of carbonyl (C=O) groups is 1. The molecule has 1 aliphatic rings. The summed E-state index contributed by atoms with van der Waals surface area (Å²) in [5, 5.41) is 9.51. The van der Waals surface area contributed by atoms with Crippen molar-refractivity contribution in [2.45, 2.75) is 31.8 Å². The van der Waals surface area contributed by atoms with Crippen LogP contribution >= 0.6 is 0 Å². The molecule has 0 radical (unpaired) electrons. The van der Waals surface area contributed by atoms with Crippen molar-refractivity contribution in [3.05, 3.63) is 12.2 Å². The molecule has 1 aliphatic carbocycles. The van der Waals surface area contributed by atoms with Crippen molar-refractivity contribution >= 4 is 5.78 Å². The van der Waals surface area contributed by atoms with Gasteiger partial charge >= 0.3 is 0 Å². The van der Waals surface area contributed by atoms with E-state index in [1.807, 2.05) is 6.08 Å². The lowest BCUT2D eigenvalue weighted by Gasteiger charge is -2.23. The highest BCUT2D eigenvalue weighted by Crippen LogP contribution is 2.22. The van der Waals surface area contributed by atoms with E-state index in [0.717, 1.165) is 12.8 Å². The first-order valence-corrected chi connectivity index (χ1v) is 3.56. The molecule has 1 atom stereocenters. The van der Waals surface area contributed by atoms with Crippen molar-refractivity contribution in [3.8, 4) is 0 Å². The molecule has 0 aromatic heterocycles. The zero-order valence-electron chi connectivity index (χ0n) is 6.13. The minimum absolute atomic E-state index is 0.150. The molecular weight excluding hydrogens is 128 g/mol. The number of rotatable bonds is 1. The lowest BCUT2D eigenvalue weighted by molar-refractivity contribution is -0.131. The number of carbonyl (C=O) groups excluding carboxylic acids is 1. The minimum Gasteiger partial charge on any atom is -0.378 e. The van der Waals surface area contributed by atoms with Gasteiger partial charge in [-0.15, -0.1) is 0 Å². The first kappa shape index (κ1) is 7.48. The molecule has 0 bridgehead atoms. The third kappa shape index (κ3) is 1.27. The summed E-state index contributed by atoms with van der Waals surface area (Å²) in [5.41, 5.74) is -1.14. The lowest BCUT2D eigenvalue weighted by atomic mass is 9.88. The third-order valence-electron chi connectivity index (χ3n) is 1.93. The van der Waals surface area contributed by atoms with E-state index in [1.165, 1.54) is 6.92 Å². The Bertz CT molecular complexity index is 172. The molecule has 0 amide bonds. The Hall–Kier alpha value is -0.630. The first-order valence-electron chi connectivity index (χ1n) is 3.56. The number of ketones is 1. The number of Topliss-reactive ketones (excluding diaryl/α,β-unsaturated/α-hetero) is 1. The first-order chi connectivity index (χ1) is 4.65. The van der Waals surface area contributed by atoms with Crippen molar-refractivity contribution in [1.82, 2.24) is 0 Å². The van der Waals surface area contributed by atoms with E-state index in [0.29, 0.717) is 6.42 Å². The van der Waals surface area contributed by atoms with E-state index >= 15 is 0 Å². The maximum atomic E-state index is 10.8. The van der Waals surface area contributed by atoms with Crippen molar-refractivity contribution in [3.63, 3.8) is 0 Å². The average molecular weight is 140 g/mol. The van der Waals surface area contributed by atoms with Crippen molar-refractivity contribution < 1.29 is 9.90 Å². The molecule has 0 fully saturated rings. The molecule has 0 spiro atoms. The predicted molar refractivity (Wildman–Crippen MR) is 38.6 cm³/mol. The molecule has 1 rings (SSSR count). The number of hydrogen-bond donors (Lipinski definition) is 1. The normalized spacial score (nSPS) is 32.2. The van der Waals surface area contributed by atoms with E-state index in [4.69, 9.17) is 0 Å². The molecule has 0 aromatic carbocycles. The molecule has 0 heterocycles. The average Bonchev–Trinajstić information content (AvgIpc) is 1.89. The van der Waals surface area contributed by atoms with E-state index in [9.17, 15) is 9.90 Å². The lowest BCUT2D eigenvalue weighted by Crippen LogP contribution is -2.35. The fourth-order valence-electron chi connectivity index (χ4n) is 1.14. The van der Waals surface area contributed by atoms with Gasteiger partial charge < -0.3 is 5.11 Å². The highest BCUT2D eigenvalue weighted by atomic mass is 16.3. The van der Waals surface area contributed by atoms with Crippen LogP contribution in [0.25, 0.3) is 0 Å². The second-order valence-corrected chi connectivity index (χ2v) is 2.78. The van der Waals surface area contributed by atoms with Crippen molar-refractivity contribution in [2.24, 2.45) is 0 Å². The summed E-state index contributed by atoms with van der Waals surface area (Å²) in [6.45, 7) is 1.43. The molecule has 2 nitrogen and oxygen atoms in total. The molecular formula is C8H12O2. The summed E-state index contributed by atoms with van der Waals surface area (Å²) in [5.74, 6) is -0.150. The van der Waals surface area contributed by atoms with Gasteiger partial charge in [-0.1, -0.05) is 6.08 Å². The molecule has 2 heteroatoms. The standard InChI is InChI=1S/C8H12O2/c1-7(9)8(10)5-3-2-4-6-8/h3,5,10H,2,4,6H2,1H3. The Morgan fingerprint density at radius 3 is 2.70 bits per heavy atom. The molecule has 1 unspecified atom stereocenters. The van der Waals surface area contributed by atoms with Gasteiger partial charge in [0.25, 0.3) is 0 Å². The van der Waals surface area contributed by atoms with E-state index in [1.54, 1.807) is 6.08 Å². The van der Waals surface area contributed by atoms with Crippen molar-refractivity contribution in [2.75, 3.05) is 0 Å². The van der Waals surface area contributed by atoms with Gasteiger partial charge in [0, 0.05) is 0 Å². The zero-order valence-corrected chi connectivity index (χ0v) is 6.13. The Morgan fingerprint density at radius 1 is 1.70 bits per heavy atom. The topological polar surface area (TPSA) is 37.3 Å². The summed E-state index contributed by atoms with van der Waals surface area (Å²) in [7, 11) is 0. The van der Waals surface area contributed by atoms with Crippen LogP contribution in [0.15, 0.2) is 12.2 Å². The fraction of sp³-hybridized carbons (Fsp3) is 0.625. The van der Waals surface area contributed by atoms with Crippen LogP contribution in [0.1, 0.15) is 26.2 Å². The van der Waals surface area contributed by atoms with E-state index in [2.05, 4.69) is 0 Å².